The van der Waals surface area contributed by atoms with Crippen molar-refractivity contribution < 1.29 is 8.83 Å². The molecule has 0 aliphatic heterocycles. The number of hydrogen-bond acceptors (Lipinski definition) is 2. The number of benzene rings is 8. The average Bonchev–Trinajstić information content (AvgIpc) is 3.76. The lowest BCUT2D eigenvalue weighted by Gasteiger charge is -2.18. The Morgan fingerprint density at radius 1 is 0.333 bits per heavy atom. The minimum absolute atomic E-state index is 0.824. The molecule has 2 heterocycles. The van der Waals surface area contributed by atoms with E-state index in [0.29, 0.717) is 0 Å². The molecule has 224 valence electrons. The highest BCUT2D eigenvalue weighted by molar-refractivity contribution is 6.23. The van der Waals surface area contributed by atoms with Crippen molar-refractivity contribution in [2.75, 3.05) is 0 Å². The molecule has 0 saturated carbocycles. The Kier molecular flexibility index (Phi) is 5.91. The summed E-state index contributed by atoms with van der Waals surface area (Å²) in [6, 6.07) is 58.4. The topological polar surface area (TPSA) is 26.3 Å². The van der Waals surface area contributed by atoms with Crippen LogP contribution in [0.5, 0.6) is 0 Å². The second kappa shape index (κ2) is 10.6. The van der Waals surface area contributed by atoms with Crippen LogP contribution in [0.2, 0.25) is 0 Å². The third-order valence-electron chi connectivity index (χ3n) is 9.74. The Labute approximate surface area is 277 Å². The van der Waals surface area contributed by atoms with E-state index in [9.17, 15) is 0 Å². The number of rotatable bonds is 4. The van der Waals surface area contributed by atoms with Gasteiger partial charge >= 0.3 is 0 Å². The molecule has 10 rings (SSSR count). The summed E-state index contributed by atoms with van der Waals surface area (Å²) in [5, 5.41) is 8.09. The molecule has 0 radical (unpaired) electrons. The lowest BCUT2D eigenvalue weighted by atomic mass is 9.85. The van der Waals surface area contributed by atoms with Crippen LogP contribution >= 0.6 is 0 Å². The van der Waals surface area contributed by atoms with Crippen molar-refractivity contribution >= 4 is 54.5 Å². The van der Waals surface area contributed by atoms with Crippen LogP contribution in [0.3, 0.4) is 0 Å². The fraction of sp³-hybridized carbons (Fsp3) is 0. The molecule has 0 aliphatic carbocycles. The van der Waals surface area contributed by atoms with E-state index in [1.54, 1.807) is 0 Å². The molecule has 2 aromatic heterocycles. The molecule has 0 bridgehead atoms. The van der Waals surface area contributed by atoms with E-state index in [1.807, 2.05) is 12.3 Å². The van der Waals surface area contributed by atoms with Crippen LogP contribution in [-0.2, 0) is 0 Å². The Morgan fingerprint density at radius 3 is 1.54 bits per heavy atom. The third-order valence-corrected chi connectivity index (χ3v) is 9.74. The van der Waals surface area contributed by atoms with Gasteiger partial charge in [-0.2, -0.15) is 0 Å². The van der Waals surface area contributed by atoms with Crippen LogP contribution in [0.4, 0.5) is 0 Å². The van der Waals surface area contributed by atoms with Crippen molar-refractivity contribution in [3.8, 4) is 44.5 Å². The fourth-order valence-corrected chi connectivity index (χ4v) is 7.58. The molecule has 0 fully saturated rings. The maximum atomic E-state index is 6.76. The van der Waals surface area contributed by atoms with Gasteiger partial charge in [-0.1, -0.05) is 133 Å². The van der Waals surface area contributed by atoms with E-state index in [4.69, 9.17) is 8.83 Å². The molecule has 10 aromatic rings. The summed E-state index contributed by atoms with van der Waals surface area (Å²) in [4.78, 5) is 0. The first-order valence-electron chi connectivity index (χ1n) is 16.3. The van der Waals surface area contributed by atoms with Crippen molar-refractivity contribution in [1.29, 1.82) is 0 Å². The second-order valence-corrected chi connectivity index (χ2v) is 12.4. The standard InChI is InChI=1S/C46H28O2/c1-3-12-29(13-4-1)31-16-11-17-32(26-31)43-35-18-7-9-20-37(35)44(38-21-10-8-19-36(38)43)33-22-23-34-39-24-25-41-45(46(39)48-42(34)27-33)40(28-47-41)30-14-5-2-6-15-30/h1-28H. The zero-order valence-corrected chi connectivity index (χ0v) is 26.0. The minimum atomic E-state index is 0.824. The number of furan rings is 2. The predicted octanol–water partition coefficient (Wildman–Crippen LogP) is 13.3. The molecular formula is C46H28O2. The van der Waals surface area contributed by atoms with Gasteiger partial charge in [0.2, 0.25) is 0 Å². The van der Waals surface area contributed by atoms with Crippen molar-refractivity contribution in [3.05, 3.63) is 170 Å². The number of fused-ring (bicyclic) bond motifs is 7. The van der Waals surface area contributed by atoms with E-state index >= 15 is 0 Å². The summed E-state index contributed by atoms with van der Waals surface area (Å²) in [6.07, 6.45) is 1.84. The predicted molar refractivity (Wildman–Crippen MR) is 200 cm³/mol. The van der Waals surface area contributed by atoms with Crippen molar-refractivity contribution in [3.63, 3.8) is 0 Å². The quantitative estimate of drug-likeness (QED) is 0.185. The normalized spacial score (nSPS) is 11.8. The van der Waals surface area contributed by atoms with Crippen LogP contribution in [-0.4, -0.2) is 0 Å². The van der Waals surface area contributed by atoms with Gasteiger partial charge in [-0.15, -0.1) is 0 Å². The molecule has 8 aromatic carbocycles. The van der Waals surface area contributed by atoms with Gasteiger partial charge in [-0.05, 0) is 90.8 Å². The molecule has 0 N–H and O–H groups in total. The highest BCUT2D eigenvalue weighted by Gasteiger charge is 2.20. The first-order chi connectivity index (χ1) is 23.8. The van der Waals surface area contributed by atoms with E-state index < -0.39 is 0 Å². The molecule has 0 unspecified atom stereocenters. The SMILES string of the molecule is c1ccc(-c2cccc(-c3c4ccccc4c(-c4ccc5c(c4)oc4c5ccc5occ(-c6ccccc6)c54)c4ccccc34)c2)cc1. The molecule has 2 nitrogen and oxygen atoms in total. The van der Waals surface area contributed by atoms with Gasteiger partial charge < -0.3 is 8.83 Å². The van der Waals surface area contributed by atoms with Crippen LogP contribution in [0, 0.1) is 0 Å². The molecule has 48 heavy (non-hydrogen) atoms. The smallest absolute Gasteiger partial charge is 0.147 e. The largest absolute Gasteiger partial charge is 0.464 e. The summed E-state index contributed by atoms with van der Waals surface area (Å²) < 4.78 is 12.8. The van der Waals surface area contributed by atoms with E-state index in [2.05, 4.69) is 158 Å². The molecule has 0 saturated heterocycles. The summed E-state index contributed by atoms with van der Waals surface area (Å²) in [7, 11) is 0. The maximum Gasteiger partial charge on any atom is 0.147 e. The Balaban J connectivity index is 1.21. The van der Waals surface area contributed by atoms with Crippen molar-refractivity contribution in [1.82, 2.24) is 0 Å². The van der Waals surface area contributed by atoms with E-state index in [0.717, 1.165) is 49.6 Å². The summed E-state index contributed by atoms with van der Waals surface area (Å²) in [5.74, 6) is 0. The molecule has 0 amide bonds. The summed E-state index contributed by atoms with van der Waals surface area (Å²) >= 11 is 0. The Morgan fingerprint density at radius 2 is 0.875 bits per heavy atom. The first kappa shape index (κ1) is 26.8. The maximum absolute atomic E-state index is 6.76. The molecular weight excluding hydrogens is 585 g/mol. The first-order valence-corrected chi connectivity index (χ1v) is 16.3. The highest BCUT2D eigenvalue weighted by atomic mass is 16.3. The van der Waals surface area contributed by atoms with Gasteiger partial charge in [0.05, 0.1) is 11.6 Å². The third kappa shape index (κ3) is 4.06. The second-order valence-electron chi connectivity index (χ2n) is 12.4. The molecule has 0 spiro atoms. The van der Waals surface area contributed by atoms with Gasteiger partial charge in [-0.3, -0.25) is 0 Å². The van der Waals surface area contributed by atoms with Crippen molar-refractivity contribution in [2.45, 2.75) is 0 Å². The summed E-state index contributed by atoms with van der Waals surface area (Å²) in [6.45, 7) is 0. The van der Waals surface area contributed by atoms with Gasteiger partial charge in [-0.25, -0.2) is 0 Å². The Bertz CT molecular complexity index is 2760. The van der Waals surface area contributed by atoms with Gasteiger partial charge in [0.25, 0.3) is 0 Å². The summed E-state index contributed by atoms with van der Waals surface area (Å²) in [5.41, 5.74) is 11.9. The lowest BCUT2D eigenvalue weighted by Crippen LogP contribution is -1.91. The monoisotopic (exact) mass is 612 g/mol. The van der Waals surface area contributed by atoms with Gasteiger partial charge in [0.1, 0.15) is 16.7 Å². The van der Waals surface area contributed by atoms with Crippen molar-refractivity contribution in [2.24, 2.45) is 0 Å². The van der Waals surface area contributed by atoms with Gasteiger partial charge in [0, 0.05) is 16.3 Å². The number of hydrogen-bond donors (Lipinski definition) is 0. The van der Waals surface area contributed by atoms with E-state index in [1.165, 1.54) is 49.4 Å². The van der Waals surface area contributed by atoms with Crippen LogP contribution in [0.15, 0.2) is 179 Å². The fourth-order valence-electron chi connectivity index (χ4n) is 7.58. The Hall–Kier alpha value is -6.38. The average molecular weight is 613 g/mol. The minimum Gasteiger partial charge on any atom is -0.464 e. The van der Waals surface area contributed by atoms with Crippen LogP contribution in [0.25, 0.3) is 99.0 Å². The van der Waals surface area contributed by atoms with E-state index in [-0.39, 0.29) is 0 Å². The lowest BCUT2D eigenvalue weighted by molar-refractivity contribution is 0.616. The highest BCUT2D eigenvalue weighted by Crippen LogP contribution is 2.46. The van der Waals surface area contributed by atoms with Crippen LogP contribution in [0.1, 0.15) is 0 Å². The molecule has 0 atom stereocenters. The van der Waals surface area contributed by atoms with Crippen LogP contribution < -0.4 is 0 Å². The zero-order valence-electron chi connectivity index (χ0n) is 26.0. The van der Waals surface area contributed by atoms with Gasteiger partial charge in [0.15, 0.2) is 0 Å². The zero-order chi connectivity index (χ0) is 31.6. The molecule has 0 aliphatic rings. The molecule has 2 heteroatoms.